The molecule has 1 aliphatic rings. The topological polar surface area (TPSA) is 41.6 Å². The van der Waals surface area contributed by atoms with Gasteiger partial charge in [0.1, 0.15) is 5.84 Å². The van der Waals surface area contributed by atoms with Crippen LogP contribution in [-0.2, 0) is 0 Å². The normalized spacial score (nSPS) is 27.0. The number of hydrazone groups is 1. The van der Waals surface area contributed by atoms with Crippen molar-refractivity contribution in [3.63, 3.8) is 0 Å². The van der Waals surface area contributed by atoms with Crippen LogP contribution in [0, 0.1) is 5.92 Å². The molecule has 0 fully saturated rings. The van der Waals surface area contributed by atoms with Crippen LogP contribution < -0.4 is 5.73 Å². The van der Waals surface area contributed by atoms with Gasteiger partial charge in [-0.2, -0.15) is 5.10 Å². The van der Waals surface area contributed by atoms with E-state index in [1.165, 1.54) is 0 Å². The van der Waals surface area contributed by atoms with Gasteiger partial charge in [-0.3, -0.25) is 5.01 Å². The lowest BCUT2D eigenvalue weighted by Gasteiger charge is -2.21. The number of rotatable bonds is 2. The number of hydrogen-bond acceptors (Lipinski definition) is 3. The third kappa shape index (κ3) is 1.64. The van der Waals surface area contributed by atoms with Crippen molar-refractivity contribution in [2.45, 2.75) is 33.2 Å². The van der Waals surface area contributed by atoms with E-state index in [0.717, 1.165) is 18.8 Å². The lowest BCUT2D eigenvalue weighted by atomic mass is 10.1. The van der Waals surface area contributed by atoms with Gasteiger partial charge in [-0.1, -0.05) is 13.8 Å². The molecule has 2 atom stereocenters. The highest BCUT2D eigenvalue weighted by molar-refractivity contribution is 5.83. The molecule has 3 heteroatoms. The molecule has 1 rings (SSSR count). The molecule has 0 aromatic carbocycles. The highest BCUT2D eigenvalue weighted by atomic mass is 15.5. The van der Waals surface area contributed by atoms with Gasteiger partial charge in [-0.15, -0.1) is 0 Å². The third-order valence-electron chi connectivity index (χ3n) is 2.31. The molecule has 3 nitrogen and oxygen atoms in total. The zero-order valence-corrected chi connectivity index (χ0v) is 7.54. The summed E-state index contributed by atoms with van der Waals surface area (Å²) < 4.78 is 0. The second-order valence-electron chi connectivity index (χ2n) is 3.31. The summed E-state index contributed by atoms with van der Waals surface area (Å²) in [5.41, 5.74) is 5.67. The van der Waals surface area contributed by atoms with Gasteiger partial charge in [-0.05, 0) is 13.3 Å². The van der Waals surface area contributed by atoms with Gasteiger partial charge in [0, 0.05) is 18.5 Å². The van der Waals surface area contributed by atoms with Crippen molar-refractivity contribution in [2.75, 3.05) is 6.54 Å². The summed E-state index contributed by atoms with van der Waals surface area (Å²) in [5, 5.41) is 6.35. The Hall–Kier alpha value is -0.730. The van der Waals surface area contributed by atoms with Crippen molar-refractivity contribution in [2.24, 2.45) is 16.8 Å². The van der Waals surface area contributed by atoms with Crippen LogP contribution in [0.1, 0.15) is 27.2 Å². The molecule has 1 aliphatic heterocycles. The van der Waals surface area contributed by atoms with Crippen LogP contribution in [-0.4, -0.2) is 23.4 Å². The van der Waals surface area contributed by atoms with E-state index in [0.29, 0.717) is 12.0 Å². The van der Waals surface area contributed by atoms with Crippen LogP contribution in [0.15, 0.2) is 5.10 Å². The van der Waals surface area contributed by atoms with Crippen LogP contribution in [0.3, 0.4) is 0 Å². The maximum absolute atomic E-state index is 5.67. The predicted octanol–water partition coefficient (Wildman–Crippen LogP) is 1.01. The SMILES string of the molecule is CCC(C)N1CC(C)C(N)=N1. The Bertz CT molecular complexity index is 165. The molecule has 0 amide bonds. The summed E-state index contributed by atoms with van der Waals surface area (Å²) in [5.74, 6) is 1.22. The molecule has 0 saturated heterocycles. The van der Waals surface area contributed by atoms with Crippen LogP contribution in [0.5, 0.6) is 0 Å². The molecule has 0 aliphatic carbocycles. The number of nitrogens with zero attached hydrogens (tertiary/aromatic N) is 2. The lowest BCUT2D eigenvalue weighted by Crippen LogP contribution is -2.27. The van der Waals surface area contributed by atoms with E-state index in [1.807, 2.05) is 0 Å². The second kappa shape index (κ2) is 3.11. The zero-order valence-electron chi connectivity index (χ0n) is 7.54. The fraction of sp³-hybridized carbons (Fsp3) is 0.875. The molecule has 0 radical (unpaired) electrons. The summed E-state index contributed by atoms with van der Waals surface area (Å²) in [6, 6.07) is 0.526. The number of hydrogen-bond donors (Lipinski definition) is 1. The Morgan fingerprint density at radius 3 is 2.82 bits per heavy atom. The Morgan fingerprint density at radius 2 is 2.45 bits per heavy atom. The summed E-state index contributed by atoms with van der Waals surface area (Å²) in [6.07, 6.45) is 1.13. The first-order valence-corrected chi connectivity index (χ1v) is 4.25. The van der Waals surface area contributed by atoms with Crippen LogP contribution in [0.2, 0.25) is 0 Å². The molecular weight excluding hydrogens is 138 g/mol. The number of nitrogens with two attached hydrogens (primary N) is 1. The van der Waals surface area contributed by atoms with Gasteiger partial charge in [0.15, 0.2) is 0 Å². The Balaban J connectivity index is 2.53. The lowest BCUT2D eigenvalue weighted by molar-refractivity contribution is 0.223. The molecule has 0 bridgehead atoms. The smallest absolute Gasteiger partial charge is 0.124 e. The summed E-state index contributed by atoms with van der Waals surface area (Å²) in [7, 11) is 0. The van der Waals surface area contributed by atoms with Gasteiger partial charge in [0.2, 0.25) is 0 Å². The van der Waals surface area contributed by atoms with Gasteiger partial charge in [0.25, 0.3) is 0 Å². The maximum atomic E-state index is 5.67. The van der Waals surface area contributed by atoms with Gasteiger partial charge in [0.05, 0.1) is 0 Å². The highest BCUT2D eigenvalue weighted by Gasteiger charge is 2.22. The fourth-order valence-electron chi connectivity index (χ4n) is 1.15. The molecule has 2 unspecified atom stereocenters. The van der Waals surface area contributed by atoms with Gasteiger partial charge in [-0.25, -0.2) is 0 Å². The minimum Gasteiger partial charge on any atom is -0.385 e. The van der Waals surface area contributed by atoms with Crippen molar-refractivity contribution in [1.82, 2.24) is 5.01 Å². The zero-order chi connectivity index (χ0) is 8.43. The Kier molecular flexibility index (Phi) is 2.37. The third-order valence-corrected chi connectivity index (χ3v) is 2.31. The fourth-order valence-corrected chi connectivity index (χ4v) is 1.15. The minimum absolute atomic E-state index is 0.434. The van der Waals surface area contributed by atoms with Crippen LogP contribution in [0.4, 0.5) is 0 Å². The van der Waals surface area contributed by atoms with Crippen molar-refractivity contribution in [1.29, 1.82) is 0 Å². The molecule has 0 aromatic heterocycles. The standard InChI is InChI=1S/C8H17N3/c1-4-7(3)11-5-6(2)8(9)10-11/h6-7H,4-5H2,1-3H3,(H2,9,10). The summed E-state index contributed by atoms with van der Waals surface area (Å²) in [6.45, 7) is 7.44. The summed E-state index contributed by atoms with van der Waals surface area (Å²) >= 11 is 0. The van der Waals surface area contributed by atoms with E-state index in [4.69, 9.17) is 5.73 Å². The van der Waals surface area contributed by atoms with Crippen LogP contribution >= 0.6 is 0 Å². The molecule has 0 saturated carbocycles. The first-order valence-electron chi connectivity index (χ1n) is 4.25. The molecule has 1 heterocycles. The van der Waals surface area contributed by atoms with E-state index in [1.54, 1.807) is 0 Å². The molecule has 2 N–H and O–H groups in total. The monoisotopic (exact) mass is 155 g/mol. The first-order chi connectivity index (χ1) is 5.15. The quantitative estimate of drug-likeness (QED) is 0.646. The molecule has 0 aromatic rings. The molecule has 0 spiro atoms. The molecule has 64 valence electrons. The van der Waals surface area contributed by atoms with E-state index in [2.05, 4.69) is 30.9 Å². The van der Waals surface area contributed by atoms with Crippen molar-refractivity contribution >= 4 is 5.84 Å². The molecular formula is C8H17N3. The Morgan fingerprint density at radius 1 is 1.82 bits per heavy atom. The average Bonchev–Trinajstić information content (AvgIpc) is 2.31. The highest BCUT2D eigenvalue weighted by Crippen LogP contribution is 2.14. The van der Waals surface area contributed by atoms with Crippen molar-refractivity contribution in [3.05, 3.63) is 0 Å². The number of amidine groups is 1. The summed E-state index contributed by atoms with van der Waals surface area (Å²) in [4.78, 5) is 0. The van der Waals surface area contributed by atoms with E-state index in [9.17, 15) is 0 Å². The van der Waals surface area contributed by atoms with Crippen molar-refractivity contribution in [3.8, 4) is 0 Å². The maximum Gasteiger partial charge on any atom is 0.124 e. The van der Waals surface area contributed by atoms with E-state index in [-0.39, 0.29) is 0 Å². The second-order valence-corrected chi connectivity index (χ2v) is 3.31. The largest absolute Gasteiger partial charge is 0.385 e. The van der Waals surface area contributed by atoms with Gasteiger partial charge >= 0.3 is 0 Å². The van der Waals surface area contributed by atoms with Crippen molar-refractivity contribution < 1.29 is 0 Å². The first kappa shape index (κ1) is 8.37. The molecule has 11 heavy (non-hydrogen) atoms. The Labute approximate surface area is 68.3 Å². The predicted molar refractivity (Wildman–Crippen MR) is 47.2 cm³/mol. The minimum atomic E-state index is 0.434. The van der Waals surface area contributed by atoms with Gasteiger partial charge < -0.3 is 5.73 Å². The van der Waals surface area contributed by atoms with E-state index < -0.39 is 0 Å². The average molecular weight is 155 g/mol. The van der Waals surface area contributed by atoms with E-state index >= 15 is 0 Å². The van der Waals surface area contributed by atoms with Crippen LogP contribution in [0.25, 0.3) is 0 Å².